The van der Waals surface area contributed by atoms with Gasteiger partial charge in [-0.3, -0.25) is 4.79 Å². The van der Waals surface area contributed by atoms with Crippen molar-refractivity contribution in [2.24, 2.45) is 0 Å². The van der Waals surface area contributed by atoms with Crippen LogP contribution in [0.1, 0.15) is 56.6 Å². The summed E-state index contributed by atoms with van der Waals surface area (Å²) in [4.78, 5) is 14.3. The lowest BCUT2D eigenvalue weighted by Crippen LogP contribution is -2.44. The molecule has 0 bridgehead atoms. The van der Waals surface area contributed by atoms with Crippen molar-refractivity contribution in [2.75, 3.05) is 39.5 Å². The summed E-state index contributed by atoms with van der Waals surface area (Å²) in [6.45, 7) is 6.62. The molecule has 2 aromatic rings. The maximum Gasteiger partial charge on any atom is 0.307 e. The molecule has 1 saturated heterocycles. The molecule has 2 heterocycles. The summed E-state index contributed by atoms with van der Waals surface area (Å²) in [6, 6.07) is 11.8. The highest BCUT2D eigenvalue weighted by Gasteiger charge is 2.43. The van der Waals surface area contributed by atoms with Crippen LogP contribution < -0.4 is 9.47 Å². The van der Waals surface area contributed by atoms with Gasteiger partial charge < -0.3 is 19.1 Å². The Morgan fingerprint density at radius 3 is 2.60 bits per heavy atom. The zero-order chi connectivity index (χ0) is 24.7. The second-order valence-electron chi connectivity index (χ2n) is 9.54. The maximum absolute atomic E-state index is 11.9. The number of esters is 1. The Bertz CT molecular complexity index is 984. The molecule has 0 aliphatic carbocycles. The van der Waals surface area contributed by atoms with E-state index in [0.717, 1.165) is 75.2 Å². The zero-order valence-corrected chi connectivity index (χ0v) is 22.0. The minimum Gasteiger partial charge on any atom is -0.493 e. The first kappa shape index (κ1) is 26.1. The number of carbonyl (C=O) groups is 1. The summed E-state index contributed by atoms with van der Waals surface area (Å²) in [5, 5.41) is 1.40. The Hall–Kier alpha value is -1.95. The molecule has 4 rings (SSSR count). The van der Waals surface area contributed by atoms with Crippen LogP contribution in [0.2, 0.25) is 10.0 Å². The second-order valence-corrected chi connectivity index (χ2v) is 10.4. The van der Waals surface area contributed by atoms with Crippen molar-refractivity contribution >= 4 is 29.2 Å². The number of piperidine rings is 1. The standard InChI is InChI=1S/C28H35Cl2NO4/c1-2-3-17-34-27(32)11-14-31-15-12-28(13-16-31)20-35-26-19-21(9-10-23(26)28)33-18-5-6-22-24(29)7-4-8-25(22)30/h4,7-10,19H,2-3,5-6,11-18,20H2,1H3. The smallest absolute Gasteiger partial charge is 0.307 e. The van der Waals surface area contributed by atoms with Crippen molar-refractivity contribution in [1.29, 1.82) is 0 Å². The number of likely N-dealkylation sites (tertiary alicyclic amines) is 1. The van der Waals surface area contributed by atoms with Gasteiger partial charge in [0.15, 0.2) is 0 Å². The van der Waals surface area contributed by atoms with Gasteiger partial charge in [0.05, 0.1) is 26.2 Å². The predicted octanol–water partition coefficient (Wildman–Crippen LogP) is 6.46. The Labute approximate surface area is 218 Å². The van der Waals surface area contributed by atoms with E-state index in [4.69, 9.17) is 37.4 Å². The van der Waals surface area contributed by atoms with Gasteiger partial charge in [0.1, 0.15) is 11.5 Å². The van der Waals surface area contributed by atoms with E-state index in [-0.39, 0.29) is 11.4 Å². The molecule has 1 fully saturated rings. The molecule has 0 aromatic heterocycles. The van der Waals surface area contributed by atoms with E-state index in [1.54, 1.807) is 0 Å². The van der Waals surface area contributed by atoms with E-state index in [1.807, 2.05) is 24.3 Å². The molecular weight excluding hydrogens is 485 g/mol. The van der Waals surface area contributed by atoms with E-state index in [9.17, 15) is 4.79 Å². The molecule has 2 aliphatic rings. The molecule has 5 nitrogen and oxygen atoms in total. The van der Waals surface area contributed by atoms with Gasteiger partial charge in [-0.15, -0.1) is 0 Å². The number of hydrogen-bond donors (Lipinski definition) is 0. The third kappa shape index (κ3) is 6.63. The van der Waals surface area contributed by atoms with Crippen LogP contribution in [0, 0.1) is 0 Å². The van der Waals surface area contributed by atoms with Gasteiger partial charge in [-0.1, -0.05) is 48.7 Å². The van der Waals surface area contributed by atoms with Crippen molar-refractivity contribution < 1.29 is 19.0 Å². The number of unbranched alkanes of at least 4 members (excludes halogenated alkanes) is 1. The molecule has 35 heavy (non-hydrogen) atoms. The topological polar surface area (TPSA) is 48.0 Å². The summed E-state index contributed by atoms with van der Waals surface area (Å²) >= 11 is 12.5. The molecule has 0 unspecified atom stereocenters. The van der Waals surface area contributed by atoms with Crippen LogP contribution in [0.4, 0.5) is 0 Å². The number of rotatable bonds is 11. The number of nitrogens with zero attached hydrogens (tertiary/aromatic N) is 1. The van der Waals surface area contributed by atoms with Gasteiger partial charge in [0.25, 0.3) is 0 Å². The average molecular weight is 520 g/mol. The van der Waals surface area contributed by atoms with Crippen molar-refractivity contribution in [2.45, 2.75) is 57.3 Å². The number of carbonyl (C=O) groups excluding carboxylic acids is 1. The van der Waals surface area contributed by atoms with Crippen molar-refractivity contribution in [3.05, 3.63) is 57.6 Å². The van der Waals surface area contributed by atoms with Crippen LogP contribution in [-0.4, -0.2) is 50.3 Å². The van der Waals surface area contributed by atoms with Crippen molar-refractivity contribution in [1.82, 2.24) is 4.90 Å². The van der Waals surface area contributed by atoms with E-state index >= 15 is 0 Å². The lowest BCUT2D eigenvalue weighted by atomic mass is 9.74. The van der Waals surface area contributed by atoms with Gasteiger partial charge in [-0.05, 0) is 69.0 Å². The van der Waals surface area contributed by atoms with Crippen LogP contribution >= 0.6 is 23.2 Å². The zero-order valence-electron chi connectivity index (χ0n) is 20.5. The third-order valence-corrected chi connectivity index (χ3v) is 7.84. The van der Waals surface area contributed by atoms with Gasteiger partial charge in [-0.2, -0.15) is 0 Å². The van der Waals surface area contributed by atoms with Crippen LogP contribution in [0.5, 0.6) is 11.5 Å². The predicted molar refractivity (Wildman–Crippen MR) is 140 cm³/mol. The lowest BCUT2D eigenvalue weighted by Gasteiger charge is -2.38. The number of benzene rings is 2. The first-order chi connectivity index (χ1) is 17.0. The van der Waals surface area contributed by atoms with E-state index in [2.05, 4.69) is 24.0 Å². The second kappa shape index (κ2) is 12.3. The van der Waals surface area contributed by atoms with Crippen LogP contribution in [0.25, 0.3) is 0 Å². The van der Waals surface area contributed by atoms with Gasteiger partial charge in [0.2, 0.25) is 0 Å². The summed E-state index contributed by atoms with van der Waals surface area (Å²) < 4.78 is 17.4. The largest absolute Gasteiger partial charge is 0.493 e. The van der Waals surface area contributed by atoms with Crippen LogP contribution in [0.3, 0.4) is 0 Å². The van der Waals surface area contributed by atoms with Crippen molar-refractivity contribution in [3.63, 3.8) is 0 Å². The molecule has 0 N–H and O–H groups in total. The Morgan fingerprint density at radius 2 is 1.86 bits per heavy atom. The molecule has 7 heteroatoms. The highest BCUT2D eigenvalue weighted by Crippen LogP contribution is 2.46. The normalized spacial score (nSPS) is 16.7. The van der Waals surface area contributed by atoms with E-state index in [1.165, 1.54) is 5.56 Å². The summed E-state index contributed by atoms with van der Waals surface area (Å²) in [5.74, 6) is 1.67. The van der Waals surface area contributed by atoms with E-state index < -0.39 is 0 Å². The van der Waals surface area contributed by atoms with E-state index in [0.29, 0.717) is 36.3 Å². The minimum atomic E-state index is -0.0872. The molecule has 2 aliphatic heterocycles. The Kier molecular flexibility index (Phi) is 9.21. The van der Waals surface area contributed by atoms with Crippen molar-refractivity contribution in [3.8, 4) is 11.5 Å². The van der Waals surface area contributed by atoms with Gasteiger partial charge >= 0.3 is 5.97 Å². The fourth-order valence-corrected chi connectivity index (χ4v) is 5.51. The molecule has 2 aromatic carbocycles. The number of hydrogen-bond acceptors (Lipinski definition) is 5. The van der Waals surface area contributed by atoms with Crippen LogP contribution in [-0.2, 0) is 21.4 Å². The first-order valence-electron chi connectivity index (χ1n) is 12.7. The lowest BCUT2D eigenvalue weighted by molar-refractivity contribution is -0.144. The molecule has 0 atom stereocenters. The molecule has 0 amide bonds. The fraction of sp³-hybridized carbons (Fsp3) is 0.536. The highest BCUT2D eigenvalue weighted by molar-refractivity contribution is 6.35. The SMILES string of the molecule is CCCCOC(=O)CCN1CCC2(CC1)COc1cc(OCCCc3c(Cl)cccc3Cl)ccc12. The summed E-state index contributed by atoms with van der Waals surface area (Å²) in [6.07, 6.45) is 6.10. The summed E-state index contributed by atoms with van der Waals surface area (Å²) in [5.41, 5.74) is 2.32. The Morgan fingerprint density at radius 1 is 1.09 bits per heavy atom. The maximum atomic E-state index is 11.9. The minimum absolute atomic E-state index is 0.0623. The molecule has 190 valence electrons. The molecule has 1 spiro atoms. The first-order valence-corrected chi connectivity index (χ1v) is 13.5. The van der Waals surface area contributed by atoms with Gasteiger partial charge in [-0.25, -0.2) is 0 Å². The fourth-order valence-electron chi connectivity index (χ4n) is 4.92. The third-order valence-electron chi connectivity index (χ3n) is 7.14. The number of fused-ring (bicyclic) bond motifs is 2. The average Bonchev–Trinajstić information content (AvgIpc) is 3.20. The Balaban J connectivity index is 1.23. The quantitative estimate of drug-likeness (QED) is 0.251. The highest BCUT2D eigenvalue weighted by atomic mass is 35.5. The molecule has 0 saturated carbocycles. The molecule has 0 radical (unpaired) electrons. The van der Waals surface area contributed by atoms with Crippen LogP contribution in [0.15, 0.2) is 36.4 Å². The molecular formula is C28H35Cl2NO4. The number of halogens is 2. The summed E-state index contributed by atoms with van der Waals surface area (Å²) in [7, 11) is 0. The number of ether oxygens (including phenoxy) is 3. The monoisotopic (exact) mass is 519 g/mol. The van der Waals surface area contributed by atoms with Gasteiger partial charge in [0, 0.05) is 33.6 Å².